The molecule has 0 amide bonds. The van der Waals surface area contributed by atoms with E-state index in [9.17, 15) is 0 Å². The fourth-order valence-electron chi connectivity index (χ4n) is 2.98. The van der Waals surface area contributed by atoms with Crippen molar-refractivity contribution >= 4 is 5.84 Å². The van der Waals surface area contributed by atoms with E-state index in [2.05, 4.69) is 38.1 Å². The fourth-order valence-corrected chi connectivity index (χ4v) is 2.98. The third kappa shape index (κ3) is 1.26. The van der Waals surface area contributed by atoms with Crippen molar-refractivity contribution in [2.45, 2.75) is 19.3 Å². The highest BCUT2D eigenvalue weighted by Gasteiger charge is 2.36. The average molecular weight is 236 g/mol. The van der Waals surface area contributed by atoms with Gasteiger partial charge in [0.25, 0.3) is 0 Å². The third-order valence-electron chi connectivity index (χ3n) is 3.90. The monoisotopic (exact) mass is 236 g/mol. The molecule has 2 aromatic rings. The van der Waals surface area contributed by atoms with E-state index >= 15 is 0 Å². The van der Waals surface area contributed by atoms with Crippen LogP contribution in [0.2, 0.25) is 0 Å². The number of nitrogen functional groups attached to an aromatic ring is 1. The Balaban J connectivity index is 2.44. The second kappa shape index (κ2) is 3.45. The van der Waals surface area contributed by atoms with Crippen LogP contribution >= 0.6 is 0 Å². The summed E-state index contributed by atoms with van der Waals surface area (Å²) in [5, 5.41) is 7.75. The third-order valence-corrected chi connectivity index (χ3v) is 3.90. The lowest BCUT2D eigenvalue weighted by atomic mass is 9.82. The summed E-state index contributed by atoms with van der Waals surface area (Å²) in [7, 11) is 0. The van der Waals surface area contributed by atoms with Gasteiger partial charge in [-0.05, 0) is 22.3 Å². The van der Waals surface area contributed by atoms with Crippen LogP contribution in [-0.4, -0.2) is 5.84 Å². The smallest absolute Gasteiger partial charge is 0.123 e. The van der Waals surface area contributed by atoms with Crippen LogP contribution in [0.3, 0.4) is 0 Å². The highest BCUT2D eigenvalue weighted by Crippen LogP contribution is 2.49. The van der Waals surface area contributed by atoms with Gasteiger partial charge in [-0.1, -0.05) is 56.3 Å². The van der Waals surface area contributed by atoms with Crippen LogP contribution in [-0.2, 0) is 5.41 Å². The van der Waals surface area contributed by atoms with Gasteiger partial charge in [-0.3, -0.25) is 5.41 Å². The van der Waals surface area contributed by atoms with Crippen LogP contribution in [0.25, 0.3) is 11.1 Å². The molecular formula is C16H16N2. The molecule has 1 aliphatic rings. The van der Waals surface area contributed by atoms with Crippen LogP contribution in [0.1, 0.15) is 30.5 Å². The Morgan fingerprint density at radius 2 is 1.67 bits per heavy atom. The topological polar surface area (TPSA) is 49.9 Å². The van der Waals surface area contributed by atoms with Crippen molar-refractivity contribution in [2.24, 2.45) is 5.73 Å². The zero-order chi connectivity index (χ0) is 12.9. The molecule has 2 aromatic carbocycles. The number of hydrogen-bond acceptors (Lipinski definition) is 1. The SMILES string of the molecule is CC1(C)c2ccccc2-c2c(C(=N)N)cccc21. The first-order chi connectivity index (χ1) is 8.53. The Morgan fingerprint density at radius 1 is 1.00 bits per heavy atom. The highest BCUT2D eigenvalue weighted by molar-refractivity contribution is 6.04. The van der Waals surface area contributed by atoms with Gasteiger partial charge < -0.3 is 5.73 Å². The molecule has 0 radical (unpaired) electrons. The van der Waals surface area contributed by atoms with Crippen molar-refractivity contribution in [3.05, 3.63) is 59.2 Å². The van der Waals surface area contributed by atoms with E-state index < -0.39 is 0 Å². The average Bonchev–Trinajstić information content (AvgIpc) is 2.59. The molecule has 0 spiro atoms. The van der Waals surface area contributed by atoms with Crippen LogP contribution in [0.4, 0.5) is 0 Å². The second-order valence-electron chi connectivity index (χ2n) is 5.31. The molecule has 2 nitrogen and oxygen atoms in total. The molecule has 0 saturated carbocycles. The maximum atomic E-state index is 7.75. The van der Waals surface area contributed by atoms with Crippen LogP contribution in [0, 0.1) is 5.41 Å². The standard InChI is InChI=1S/C16H16N2/c1-16(2)12-8-4-3-6-10(12)14-11(15(17)18)7-5-9-13(14)16/h3-9H,1-2H3,(H3,17,18). The predicted octanol–water partition coefficient (Wildman–Crippen LogP) is 3.28. The summed E-state index contributed by atoms with van der Waals surface area (Å²) in [6.07, 6.45) is 0. The molecule has 0 saturated heterocycles. The van der Waals surface area contributed by atoms with Gasteiger partial charge >= 0.3 is 0 Å². The van der Waals surface area contributed by atoms with Crippen LogP contribution in [0.5, 0.6) is 0 Å². The van der Waals surface area contributed by atoms with Gasteiger partial charge in [0.1, 0.15) is 5.84 Å². The molecule has 0 heterocycles. The molecule has 1 aliphatic carbocycles. The van der Waals surface area contributed by atoms with Crippen molar-refractivity contribution in [1.82, 2.24) is 0 Å². The number of rotatable bonds is 1. The zero-order valence-corrected chi connectivity index (χ0v) is 10.6. The van der Waals surface area contributed by atoms with Gasteiger partial charge in [0, 0.05) is 11.0 Å². The van der Waals surface area contributed by atoms with E-state index in [1.54, 1.807) is 0 Å². The summed E-state index contributed by atoms with van der Waals surface area (Å²) >= 11 is 0. The van der Waals surface area contributed by atoms with Gasteiger partial charge in [0.05, 0.1) is 0 Å². The Kier molecular flexibility index (Phi) is 2.11. The summed E-state index contributed by atoms with van der Waals surface area (Å²) in [6, 6.07) is 14.5. The zero-order valence-electron chi connectivity index (χ0n) is 10.6. The molecule has 0 atom stereocenters. The maximum Gasteiger partial charge on any atom is 0.123 e. The first-order valence-electron chi connectivity index (χ1n) is 6.11. The molecule has 90 valence electrons. The van der Waals surface area contributed by atoms with E-state index in [1.165, 1.54) is 16.7 Å². The molecule has 0 aliphatic heterocycles. The first kappa shape index (κ1) is 11.0. The molecule has 0 bridgehead atoms. The maximum absolute atomic E-state index is 7.75. The molecular weight excluding hydrogens is 220 g/mol. The lowest BCUT2D eigenvalue weighted by Gasteiger charge is -2.21. The molecule has 0 unspecified atom stereocenters. The molecule has 0 aromatic heterocycles. The van der Waals surface area contributed by atoms with Crippen molar-refractivity contribution in [1.29, 1.82) is 5.41 Å². The van der Waals surface area contributed by atoms with Gasteiger partial charge in [-0.15, -0.1) is 0 Å². The molecule has 18 heavy (non-hydrogen) atoms. The Labute approximate surface area is 107 Å². The van der Waals surface area contributed by atoms with E-state index in [0.29, 0.717) is 0 Å². The molecule has 3 rings (SSSR count). The van der Waals surface area contributed by atoms with E-state index in [4.69, 9.17) is 11.1 Å². The van der Waals surface area contributed by atoms with Crippen LogP contribution < -0.4 is 5.73 Å². The van der Waals surface area contributed by atoms with Crippen LogP contribution in [0.15, 0.2) is 42.5 Å². The van der Waals surface area contributed by atoms with E-state index in [-0.39, 0.29) is 11.3 Å². The first-order valence-corrected chi connectivity index (χ1v) is 6.11. The summed E-state index contributed by atoms with van der Waals surface area (Å²) < 4.78 is 0. The number of nitrogens with one attached hydrogen (secondary N) is 1. The minimum Gasteiger partial charge on any atom is -0.384 e. The highest BCUT2D eigenvalue weighted by atomic mass is 14.7. The van der Waals surface area contributed by atoms with Gasteiger partial charge in [-0.2, -0.15) is 0 Å². The lowest BCUT2D eigenvalue weighted by molar-refractivity contribution is 0.660. The van der Waals surface area contributed by atoms with Crippen molar-refractivity contribution in [3.63, 3.8) is 0 Å². The summed E-state index contributed by atoms with van der Waals surface area (Å²) in [5.41, 5.74) is 11.5. The lowest BCUT2D eigenvalue weighted by Crippen LogP contribution is -2.16. The number of nitrogens with two attached hydrogens (primary N) is 1. The van der Waals surface area contributed by atoms with Crippen molar-refractivity contribution < 1.29 is 0 Å². The largest absolute Gasteiger partial charge is 0.384 e. The fraction of sp³-hybridized carbons (Fsp3) is 0.188. The Morgan fingerprint density at radius 3 is 2.39 bits per heavy atom. The van der Waals surface area contributed by atoms with Gasteiger partial charge in [-0.25, -0.2) is 0 Å². The Hall–Kier alpha value is -2.09. The van der Waals surface area contributed by atoms with Gasteiger partial charge in [0.15, 0.2) is 0 Å². The summed E-state index contributed by atoms with van der Waals surface area (Å²) in [5.74, 6) is 0.138. The molecule has 2 heteroatoms. The molecule has 3 N–H and O–H groups in total. The van der Waals surface area contributed by atoms with Crippen molar-refractivity contribution in [3.8, 4) is 11.1 Å². The summed E-state index contributed by atoms with van der Waals surface area (Å²) in [4.78, 5) is 0. The number of fused-ring (bicyclic) bond motifs is 3. The summed E-state index contributed by atoms with van der Waals surface area (Å²) in [6.45, 7) is 4.45. The minimum atomic E-state index is -0.0165. The van der Waals surface area contributed by atoms with Gasteiger partial charge in [0.2, 0.25) is 0 Å². The predicted molar refractivity (Wildman–Crippen MR) is 75.0 cm³/mol. The minimum absolute atomic E-state index is 0.0165. The Bertz CT molecular complexity index is 654. The van der Waals surface area contributed by atoms with Crippen molar-refractivity contribution in [2.75, 3.05) is 0 Å². The normalized spacial score (nSPS) is 15.0. The molecule has 0 fully saturated rings. The number of amidine groups is 1. The van der Waals surface area contributed by atoms with E-state index in [0.717, 1.165) is 11.1 Å². The van der Waals surface area contributed by atoms with E-state index in [1.807, 2.05) is 18.2 Å². The number of benzene rings is 2. The number of hydrogen-bond donors (Lipinski definition) is 2. The quantitative estimate of drug-likeness (QED) is 0.579. The second-order valence-corrected chi connectivity index (χ2v) is 5.31.